The van der Waals surface area contributed by atoms with Crippen molar-refractivity contribution < 1.29 is 4.79 Å². The van der Waals surface area contributed by atoms with Gasteiger partial charge in [0.2, 0.25) is 0 Å². The van der Waals surface area contributed by atoms with Crippen LogP contribution in [-0.4, -0.2) is 41.8 Å². The molecule has 3 nitrogen and oxygen atoms in total. The number of carbonyl (C=O) groups excluding carboxylic acids is 1. The van der Waals surface area contributed by atoms with Gasteiger partial charge in [0.15, 0.2) is 5.78 Å². The van der Waals surface area contributed by atoms with E-state index in [-0.39, 0.29) is 5.78 Å². The Morgan fingerprint density at radius 1 is 1.30 bits per heavy atom. The molecule has 3 rings (SSSR count). The molecule has 1 atom stereocenters. The fourth-order valence-corrected chi connectivity index (χ4v) is 4.02. The zero-order valence-corrected chi connectivity index (χ0v) is 14.7. The van der Waals surface area contributed by atoms with Gasteiger partial charge in [0.25, 0.3) is 0 Å². The second-order valence-electron chi connectivity index (χ2n) is 6.45. The van der Waals surface area contributed by atoms with Gasteiger partial charge in [-0.2, -0.15) is 0 Å². The molecule has 1 aliphatic heterocycles. The predicted octanol–water partition coefficient (Wildman–Crippen LogP) is 3.66. The first kappa shape index (κ1) is 16.4. The maximum absolute atomic E-state index is 11.4. The number of nitrogens with zero attached hydrogens (tertiary/aromatic N) is 2. The lowest BCUT2D eigenvalue weighted by Crippen LogP contribution is -2.33. The molecule has 1 fully saturated rings. The topological polar surface area (TPSA) is 23.6 Å². The maximum Gasteiger partial charge on any atom is 0.169 e. The molecule has 1 saturated heterocycles. The number of benzene rings is 1. The lowest BCUT2D eigenvalue weighted by Gasteiger charge is -2.24. The van der Waals surface area contributed by atoms with E-state index in [0.717, 1.165) is 31.1 Å². The molecule has 0 radical (unpaired) electrons. The third kappa shape index (κ3) is 4.28. The zero-order chi connectivity index (χ0) is 16.2. The van der Waals surface area contributed by atoms with Gasteiger partial charge >= 0.3 is 0 Å². The van der Waals surface area contributed by atoms with E-state index in [4.69, 9.17) is 0 Å². The number of rotatable bonds is 6. The maximum atomic E-state index is 11.4. The highest BCUT2D eigenvalue weighted by Gasteiger charge is 2.25. The number of hydrogen-bond acceptors (Lipinski definition) is 4. The van der Waals surface area contributed by atoms with E-state index in [9.17, 15) is 4.79 Å². The minimum atomic E-state index is 0.166. The van der Waals surface area contributed by atoms with Crippen LogP contribution in [-0.2, 0) is 13.1 Å². The van der Waals surface area contributed by atoms with Crippen molar-refractivity contribution in [3.05, 3.63) is 57.8 Å². The van der Waals surface area contributed by atoms with E-state index in [2.05, 4.69) is 52.6 Å². The molecule has 1 aromatic carbocycles. The second kappa shape index (κ2) is 7.39. The molecule has 0 saturated carbocycles. The van der Waals surface area contributed by atoms with Gasteiger partial charge in [0, 0.05) is 32.2 Å². The summed E-state index contributed by atoms with van der Waals surface area (Å²) >= 11 is 1.56. The molecule has 2 aromatic rings. The van der Waals surface area contributed by atoms with Crippen LogP contribution in [0.15, 0.2) is 41.8 Å². The molecular weight excluding hydrogens is 304 g/mol. The molecule has 0 aliphatic carbocycles. The number of thiophene rings is 1. The standard InChI is InChI=1S/C19H24N2OS/c1-15(22)19-10-17(14-23-19)11-20(2)18-8-9-21(13-18)12-16-6-4-3-5-7-16/h3-7,10,14,18H,8-9,11-13H2,1-2H3/t18-/m0/s1. The van der Waals surface area contributed by atoms with Crippen LogP contribution in [0.2, 0.25) is 0 Å². The Labute approximate surface area is 142 Å². The van der Waals surface area contributed by atoms with Crippen LogP contribution in [0, 0.1) is 0 Å². The molecule has 0 spiro atoms. The fraction of sp³-hybridized carbons (Fsp3) is 0.421. The second-order valence-corrected chi connectivity index (χ2v) is 7.36. The number of likely N-dealkylation sites (tertiary alicyclic amines) is 1. The smallest absolute Gasteiger partial charge is 0.169 e. The van der Waals surface area contributed by atoms with Crippen molar-refractivity contribution in [2.24, 2.45) is 0 Å². The third-order valence-electron chi connectivity index (χ3n) is 4.55. The lowest BCUT2D eigenvalue weighted by atomic mass is 10.2. The zero-order valence-electron chi connectivity index (χ0n) is 13.9. The number of ketones is 1. The third-order valence-corrected chi connectivity index (χ3v) is 5.63. The van der Waals surface area contributed by atoms with Gasteiger partial charge in [-0.05, 0) is 43.0 Å². The lowest BCUT2D eigenvalue weighted by molar-refractivity contribution is 0.102. The Bertz CT molecular complexity index is 652. The summed E-state index contributed by atoms with van der Waals surface area (Å²) in [7, 11) is 2.20. The first-order valence-corrected chi connectivity index (χ1v) is 9.04. The fourth-order valence-electron chi connectivity index (χ4n) is 3.22. The first-order valence-electron chi connectivity index (χ1n) is 8.16. The summed E-state index contributed by atoms with van der Waals surface area (Å²) < 4.78 is 0. The SMILES string of the molecule is CC(=O)c1cc(CN(C)[C@H]2CCN(Cc3ccccc3)C2)cs1. The summed E-state index contributed by atoms with van der Waals surface area (Å²) in [5.74, 6) is 0.166. The molecule has 4 heteroatoms. The van der Waals surface area contributed by atoms with Gasteiger partial charge in [-0.3, -0.25) is 14.6 Å². The highest BCUT2D eigenvalue weighted by atomic mass is 32.1. The van der Waals surface area contributed by atoms with Gasteiger partial charge in [-0.15, -0.1) is 11.3 Å². The van der Waals surface area contributed by atoms with Gasteiger partial charge in [0.1, 0.15) is 0 Å². The summed E-state index contributed by atoms with van der Waals surface area (Å²) in [5, 5.41) is 2.12. The van der Waals surface area contributed by atoms with E-state index in [1.54, 1.807) is 18.3 Å². The van der Waals surface area contributed by atoms with Crippen LogP contribution in [0.3, 0.4) is 0 Å². The minimum absolute atomic E-state index is 0.166. The molecule has 0 N–H and O–H groups in total. The molecule has 23 heavy (non-hydrogen) atoms. The Balaban J connectivity index is 1.52. The summed E-state index contributed by atoms with van der Waals surface area (Å²) in [6, 6.07) is 13.3. The van der Waals surface area contributed by atoms with Crippen LogP contribution < -0.4 is 0 Å². The highest BCUT2D eigenvalue weighted by molar-refractivity contribution is 7.12. The van der Waals surface area contributed by atoms with Crippen molar-refractivity contribution in [2.45, 2.75) is 32.5 Å². The van der Waals surface area contributed by atoms with Crippen LogP contribution in [0.1, 0.15) is 34.1 Å². The molecule has 122 valence electrons. The number of Topliss-reactive ketones (excluding diaryl/α,β-unsaturated/α-hetero) is 1. The average Bonchev–Trinajstić information content (AvgIpc) is 3.18. The first-order chi connectivity index (χ1) is 11.1. The number of likely N-dealkylation sites (N-methyl/N-ethyl adjacent to an activating group) is 1. The molecule has 0 bridgehead atoms. The molecular formula is C19H24N2OS. The Morgan fingerprint density at radius 3 is 2.78 bits per heavy atom. The number of carbonyl (C=O) groups is 1. The van der Waals surface area contributed by atoms with Crippen LogP contribution in [0.5, 0.6) is 0 Å². The molecule has 1 aliphatic rings. The van der Waals surface area contributed by atoms with E-state index in [0.29, 0.717) is 6.04 Å². The van der Waals surface area contributed by atoms with E-state index < -0.39 is 0 Å². The summed E-state index contributed by atoms with van der Waals surface area (Å²) in [5.41, 5.74) is 2.64. The predicted molar refractivity (Wildman–Crippen MR) is 95.9 cm³/mol. The van der Waals surface area contributed by atoms with Gasteiger partial charge < -0.3 is 0 Å². The largest absolute Gasteiger partial charge is 0.298 e. The molecule has 2 heterocycles. The van der Waals surface area contributed by atoms with Crippen molar-refractivity contribution in [2.75, 3.05) is 20.1 Å². The Hall–Kier alpha value is -1.49. The van der Waals surface area contributed by atoms with Crippen molar-refractivity contribution in [3.8, 4) is 0 Å². The summed E-state index contributed by atoms with van der Waals surface area (Å²) in [6.45, 7) is 5.88. The van der Waals surface area contributed by atoms with Crippen molar-refractivity contribution >= 4 is 17.1 Å². The van der Waals surface area contributed by atoms with E-state index in [1.165, 1.54) is 17.5 Å². The number of hydrogen-bond donors (Lipinski definition) is 0. The van der Waals surface area contributed by atoms with Gasteiger partial charge in [-0.1, -0.05) is 30.3 Å². The highest BCUT2D eigenvalue weighted by Crippen LogP contribution is 2.21. The monoisotopic (exact) mass is 328 g/mol. The van der Waals surface area contributed by atoms with Crippen molar-refractivity contribution in [1.29, 1.82) is 0 Å². The van der Waals surface area contributed by atoms with Crippen LogP contribution >= 0.6 is 11.3 Å². The van der Waals surface area contributed by atoms with Crippen LogP contribution in [0.4, 0.5) is 0 Å². The Morgan fingerprint density at radius 2 is 2.09 bits per heavy atom. The quantitative estimate of drug-likeness (QED) is 0.756. The molecule has 1 aromatic heterocycles. The molecule has 0 amide bonds. The minimum Gasteiger partial charge on any atom is -0.298 e. The van der Waals surface area contributed by atoms with E-state index in [1.807, 2.05) is 6.07 Å². The van der Waals surface area contributed by atoms with Gasteiger partial charge in [-0.25, -0.2) is 0 Å². The van der Waals surface area contributed by atoms with E-state index >= 15 is 0 Å². The molecule has 0 unspecified atom stereocenters. The summed E-state index contributed by atoms with van der Waals surface area (Å²) in [6.07, 6.45) is 1.22. The van der Waals surface area contributed by atoms with Gasteiger partial charge in [0.05, 0.1) is 4.88 Å². The van der Waals surface area contributed by atoms with Crippen molar-refractivity contribution in [1.82, 2.24) is 9.80 Å². The van der Waals surface area contributed by atoms with Crippen LogP contribution in [0.25, 0.3) is 0 Å². The average molecular weight is 328 g/mol. The Kier molecular flexibility index (Phi) is 5.26. The normalized spacial score (nSPS) is 18.7. The van der Waals surface area contributed by atoms with Crippen molar-refractivity contribution in [3.63, 3.8) is 0 Å². The summed E-state index contributed by atoms with van der Waals surface area (Å²) in [4.78, 5) is 17.2.